The molecule has 3 aromatic rings. The van der Waals surface area contributed by atoms with Gasteiger partial charge in [-0.15, -0.1) is 11.3 Å². The van der Waals surface area contributed by atoms with Crippen molar-refractivity contribution >= 4 is 49.7 Å². The van der Waals surface area contributed by atoms with Crippen molar-refractivity contribution in [3.05, 3.63) is 69.7 Å². The first-order valence-electron chi connectivity index (χ1n) is 7.87. The van der Waals surface area contributed by atoms with Crippen LogP contribution in [0.1, 0.15) is 21.6 Å². The number of hydrogen-bond acceptors (Lipinski definition) is 5. The number of halogens is 1. The minimum atomic E-state index is -3.87. The third-order valence-corrected chi connectivity index (χ3v) is 6.19. The number of carbonyl (C=O) groups excluding carboxylic acids is 1. The molecule has 140 valence electrons. The zero-order chi connectivity index (χ0) is 19.6. The van der Waals surface area contributed by atoms with Crippen molar-refractivity contribution in [2.45, 2.75) is 18.7 Å². The van der Waals surface area contributed by atoms with Gasteiger partial charge in [-0.05, 0) is 49.7 Å². The molecular weight excluding hydrogens is 406 g/mol. The second kappa shape index (κ2) is 7.67. The molecule has 6 nitrogen and oxygen atoms in total. The lowest BCUT2D eigenvalue weighted by molar-refractivity contribution is 0.102. The number of hydrogen-bond donors (Lipinski definition) is 2. The Morgan fingerprint density at radius 1 is 1.15 bits per heavy atom. The number of benzene rings is 2. The first kappa shape index (κ1) is 19.3. The predicted molar refractivity (Wildman–Crippen MR) is 108 cm³/mol. The van der Waals surface area contributed by atoms with E-state index in [-0.39, 0.29) is 15.5 Å². The molecule has 0 fully saturated rings. The molecule has 0 saturated carbocycles. The van der Waals surface area contributed by atoms with Crippen LogP contribution in [-0.4, -0.2) is 19.3 Å². The van der Waals surface area contributed by atoms with Crippen molar-refractivity contribution < 1.29 is 13.2 Å². The normalized spacial score (nSPS) is 11.2. The van der Waals surface area contributed by atoms with Crippen molar-refractivity contribution in [2.24, 2.45) is 0 Å². The first-order valence-corrected chi connectivity index (χ1v) is 10.6. The Hall–Kier alpha value is -2.42. The van der Waals surface area contributed by atoms with E-state index in [4.69, 9.17) is 11.6 Å². The summed E-state index contributed by atoms with van der Waals surface area (Å²) < 4.78 is 27.8. The van der Waals surface area contributed by atoms with E-state index >= 15 is 0 Å². The molecule has 3 rings (SSSR count). The molecule has 27 heavy (non-hydrogen) atoms. The third kappa shape index (κ3) is 4.65. The van der Waals surface area contributed by atoms with Gasteiger partial charge in [0.25, 0.3) is 15.9 Å². The Kier molecular flexibility index (Phi) is 5.50. The summed E-state index contributed by atoms with van der Waals surface area (Å²) in [5, 5.41) is 4.98. The SMILES string of the molecule is Cc1cccc(NS(=O)(=O)c2ccc(Cl)c(C(=O)Nc3nc(C)cs3)c2)c1. The Bertz CT molecular complexity index is 1110. The standard InChI is InChI=1S/C18H16ClN3O3S2/c1-11-4-3-5-13(8-11)22-27(24,25)14-6-7-16(19)15(9-14)17(23)21-18-20-12(2)10-26-18/h3-10,22H,1-2H3,(H,20,21,23). The van der Waals surface area contributed by atoms with Crippen LogP contribution in [0.4, 0.5) is 10.8 Å². The maximum Gasteiger partial charge on any atom is 0.261 e. The van der Waals surface area contributed by atoms with Gasteiger partial charge in [-0.3, -0.25) is 14.8 Å². The average molecular weight is 422 g/mol. The van der Waals surface area contributed by atoms with Crippen molar-refractivity contribution in [1.82, 2.24) is 4.98 Å². The number of nitrogens with zero attached hydrogens (tertiary/aromatic N) is 1. The van der Waals surface area contributed by atoms with Crippen molar-refractivity contribution in [1.29, 1.82) is 0 Å². The number of carbonyl (C=O) groups is 1. The third-order valence-electron chi connectivity index (χ3n) is 3.60. The van der Waals surface area contributed by atoms with E-state index in [0.717, 1.165) is 11.3 Å². The monoisotopic (exact) mass is 421 g/mol. The molecule has 0 atom stereocenters. The largest absolute Gasteiger partial charge is 0.298 e. The Morgan fingerprint density at radius 3 is 2.59 bits per heavy atom. The van der Waals surface area contributed by atoms with E-state index in [1.54, 1.807) is 23.6 Å². The molecule has 1 amide bonds. The number of aromatic nitrogens is 1. The van der Waals surface area contributed by atoms with Crippen molar-refractivity contribution in [2.75, 3.05) is 10.0 Å². The number of amides is 1. The van der Waals surface area contributed by atoms with E-state index in [1.807, 2.05) is 19.9 Å². The summed E-state index contributed by atoms with van der Waals surface area (Å²) in [5.74, 6) is -0.526. The number of anilines is 2. The highest BCUT2D eigenvalue weighted by atomic mass is 35.5. The average Bonchev–Trinajstić information content (AvgIpc) is 2.99. The molecule has 0 saturated heterocycles. The maximum absolute atomic E-state index is 12.7. The molecule has 0 aliphatic carbocycles. The van der Waals surface area contributed by atoms with Crippen LogP contribution in [0.5, 0.6) is 0 Å². The highest BCUT2D eigenvalue weighted by Crippen LogP contribution is 2.24. The number of nitrogens with one attached hydrogen (secondary N) is 2. The molecule has 0 aliphatic heterocycles. The molecule has 9 heteroatoms. The van der Waals surface area contributed by atoms with Gasteiger partial charge in [-0.25, -0.2) is 13.4 Å². The molecule has 0 aliphatic rings. The van der Waals surface area contributed by atoms with Gasteiger partial charge < -0.3 is 0 Å². The van der Waals surface area contributed by atoms with E-state index in [9.17, 15) is 13.2 Å². The van der Waals surface area contributed by atoms with Crippen LogP contribution in [0.25, 0.3) is 0 Å². The van der Waals surface area contributed by atoms with Gasteiger partial charge in [-0.2, -0.15) is 0 Å². The van der Waals surface area contributed by atoms with Gasteiger partial charge in [0.2, 0.25) is 0 Å². The Labute approximate surface area is 166 Å². The quantitative estimate of drug-likeness (QED) is 0.636. The minimum Gasteiger partial charge on any atom is -0.298 e. The molecule has 1 heterocycles. The second-order valence-corrected chi connectivity index (χ2v) is 8.81. The van der Waals surface area contributed by atoms with Crippen molar-refractivity contribution in [3.8, 4) is 0 Å². The zero-order valence-electron chi connectivity index (χ0n) is 14.5. The van der Waals surface area contributed by atoms with Crippen LogP contribution in [-0.2, 0) is 10.0 Å². The fraction of sp³-hybridized carbons (Fsp3) is 0.111. The van der Waals surface area contributed by atoms with Gasteiger partial charge in [0.1, 0.15) is 0 Å². The summed E-state index contributed by atoms with van der Waals surface area (Å²) in [6.45, 7) is 3.67. The molecule has 1 aromatic heterocycles. The lowest BCUT2D eigenvalue weighted by atomic mass is 10.2. The number of thiazole rings is 1. The smallest absolute Gasteiger partial charge is 0.261 e. The molecule has 0 unspecified atom stereocenters. The van der Waals surface area contributed by atoms with Crippen LogP contribution >= 0.6 is 22.9 Å². The topological polar surface area (TPSA) is 88.2 Å². The van der Waals surface area contributed by atoms with Crippen LogP contribution in [0.2, 0.25) is 5.02 Å². The molecule has 0 radical (unpaired) electrons. The highest BCUT2D eigenvalue weighted by Gasteiger charge is 2.19. The summed E-state index contributed by atoms with van der Waals surface area (Å²) in [6.07, 6.45) is 0. The highest BCUT2D eigenvalue weighted by molar-refractivity contribution is 7.92. The van der Waals surface area contributed by atoms with Crippen LogP contribution in [0.15, 0.2) is 52.7 Å². The van der Waals surface area contributed by atoms with Crippen LogP contribution in [0.3, 0.4) is 0 Å². The first-order chi connectivity index (χ1) is 12.7. The lowest BCUT2D eigenvalue weighted by Crippen LogP contribution is -2.16. The number of rotatable bonds is 5. The molecular formula is C18H16ClN3O3S2. The van der Waals surface area contributed by atoms with E-state index in [1.165, 1.54) is 29.5 Å². The number of sulfonamides is 1. The second-order valence-electron chi connectivity index (χ2n) is 5.86. The molecule has 0 bridgehead atoms. The lowest BCUT2D eigenvalue weighted by Gasteiger charge is -2.11. The van der Waals surface area contributed by atoms with Crippen LogP contribution < -0.4 is 10.0 Å². The Balaban J connectivity index is 1.88. The predicted octanol–water partition coefficient (Wildman–Crippen LogP) is 4.47. The summed E-state index contributed by atoms with van der Waals surface area (Å²) >= 11 is 7.38. The van der Waals surface area contributed by atoms with E-state index in [2.05, 4.69) is 15.0 Å². The van der Waals surface area contributed by atoms with Gasteiger partial charge in [0.05, 0.1) is 21.2 Å². The Morgan fingerprint density at radius 2 is 1.93 bits per heavy atom. The summed E-state index contributed by atoms with van der Waals surface area (Å²) in [5.41, 5.74) is 2.19. The fourth-order valence-corrected chi connectivity index (χ4v) is 4.31. The van der Waals surface area contributed by atoms with E-state index in [0.29, 0.717) is 10.8 Å². The maximum atomic E-state index is 12.7. The fourth-order valence-electron chi connectivity index (χ4n) is 2.34. The minimum absolute atomic E-state index is 0.0524. The van der Waals surface area contributed by atoms with E-state index < -0.39 is 15.9 Å². The van der Waals surface area contributed by atoms with Gasteiger partial charge >= 0.3 is 0 Å². The summed E-state index contributed by atoms with van der Waals surface area (Å²) in [4.78, 5) is 16.6. The molecule has 2 aromatic carbocycles. The number of aryl methyl sites for hydroxylation is 2. The molecule has 2 N–H and O–H groups in total. The molecule has 0 spiro atoms. The summed E-state index contributed by atoms with van der Waals surface area (Å²) in [6, 6.07) is 11.0. The van der Waals surface area contributed by atoms with Crippen LogP contribution in [0, 0.1) is 13.8 Å². The zero-order valence-corrected chi connectivity index (χ0v) is 16.9. The van der Waals surface area contributed by atoms with Crippen molar-refractivity contribution in [3.63, 3.8) is 0 Å². The summed E-state index contributed by atoms with van der Waals surface area (Å²) in [7, 11) is -3.87. The van der Waals surface area contributed by atoms with Gasteiger partial charge in [-0.1, -0.05) is 23.7 Å². The van der Waals surface area contributed by atoms with Gasteiger partial charge in [0, 0.05) is 11.1 Å². The van der Waals surface area contributed by atoms with Gasteiger partial charge in [0.15, 0.2) is 5.13 Å².